The zero-order valence-electron chi connectivity index (χ0n) is 10.4. The van der Waals surface area contributed by atoms with Gasteiger partial charge in [0.2, 0.25) is 0 Å². The van der Waals surface area contributed by atoms with Gasteiger partial charge in [-0.2, -0.15) is 0 Å². The first-order chi connectivity index (χ1) is 9.51. The van der Waals surface area contributed by atoms with Crippen molar-refractivity contribution in [1.82, 2.24) is 4.72 Å². The van der Waals surface area contributed by atoms with Crippen LogP contribution in [-0.2, 0) is 10.0 Å². The number of rotatable bonds is 4. The lowest BCUT2D eigenvalue weighted by atomic mass is 10.3. The molecule has 0 bridgehead atoms. The number of benzene rings is 1. The first kappa shape index (κ1) is 15.1. The van der Waals surface area contributed by atoms with Crippen LogP contribution in [0.2, 0.25) is 0 Å². The van der Waals surface area contributed by atoms with E-state index in [1.54, 1.807) is 12.1 Å². The molecule has 1 aliphatic rings. The van der Waals surface area contributed by atoms with E-state index in [0.29, 0.717) is 17.4 Å². The third kappa shape index (κ3) is 3.87. The second-order valence-corrected chi connectivity index (χ2v) is 6.90. The minimum absolute atomic E-state index is 0.124. The topological polar surface area (TPSA) is 96.9 Å². The number of amidine groups is 2. The van der Waals surface area contributed by atoms with E-state index in [1.165, 1.54) is 23.9 Å². The Bertz CT molecular complexity index is 641. The highest BCUT2D eigenvalue weighted by atomic mass is 35.5. The van der Waals surface area contributed by atoms with Gasteiger partial charge in [-0.1, -0.05) is 11.8 Å². The Morgan fingerprint density at radius 2 is 2.15 bits per heavy atom. The van der Waals surface area contributed by atoms with Gasteiger partial charge in [-0.15, -0.1) is 11.6 Å². The zero-order chi connectivity index (χ0) is 14.6. The fourth-order valence-corrected chi connectivity index (χ4v) is 3.56. The van der Waals surface area contributed by atoms with Crippen LogP contribution in [0.15, 0.2) is 39.1 Å². The molecule has 0 unspecified atom stereocenters. The molecule has 1 aliphatic heterocycles. The molecule has 0 aliphatic carbocycles. The van der Waals surface area contributed by atoms with Crippen molar-refractivity contribution in [3.8, 4) is 0 Å². The van der Waals surface area contributed by atoms with E-state index in [-0.39, 0.29) is 16.6 Å². The number of hydrogen-bond acceptors (Lipinski definition) is 5. The van der Waals surface area contributed by atoms with E-state index >= 15 is 0 Å². The smallest absolute Gasteiger partial charge is 0.263 e. The number of aliphatic imine (C=N–C) groups is 2. The minimum Gasteiger partial charge on any atom is -0.386 e. The van der Waals surface area contributed by atoms with Crippen LogP contribution in [0.25, 0.3) is 0 Å². The lowest BCUT2D eigenvalue weighted by molar-refractivity contribution is 0.593. The van der Waals surface area contributed by atoms with Gasteiger partial charge in [-0.25, -0.2) is 13.4 Å². The molecular weight excluding hydrogens is 320 g/mol. The molecule has 0 aromatic heterocycles. The second kappa shape index (κ2) is 6.47. The molecule has 20 heavy (non-hydrogen) atoms. The number of thioether (sulfide) groups is 1. The summed E-state index contributed by atoms with van der Waals surface area (Å²) < 4.78 is 26.6. The van der Waals surface area contributed by atoms with Crippen LogP contribution >= 0.6 is 23.4 Å². The maximum absolute atomic E-state index is 12.1. The van der Waals surface area contributed by atoms with Gasteiger partial charge in [0, 0.05) is 5.75 Å². The zero-order valence-corrected chi connectivity index (χ0v) is 12.8. The van der Waals surface area contributed by atoms with E-state index in [0.717, 1.165) is 5.75 Å². The molecule has 1 aromatic carbocycles. The molecular formula is C11H13ClN4O2S2. The highest BCUT2D eigenvalue weighted by molar-refractivity contribution is 8.15. The molecule has 1 aromatic rings. The van der Waals surface area contributed by atoms with Crippen molar-refractivity contribution in [2.24, 2.45) is 15.7 Å². The molecule has 0 saturated carbocycles. The van der Waals surface area contributed by atoms with E-state index in [1.807, 2.05) is 0 Å². The number of hydrogen-bond donors (Lipinski definition) is 2. The highest BCUT2D eigenvalue weighted by Gasteiger charge is 2.18. The Labute approximate surface area is 126 Å². The molecule has 3 N–H and O–H groups in total. The molecule has 0 spiro atoms. The van der Waals surface area contributed by atoms with Crippen molar-refractivity contribution >= 4 is 50.1 Å². The summed E-state index contributed by atoms with van der Waals surface area (Å²) in [5.41, 5.74) is 6.06. The third-order valence-electron chi connectivity index (χ3n) is 2.36. The lowest BCUT2D eigenvalue weighted by Crippen LogP contribution is -2.27. The summed E-state index contributed by atoms with van der Waals surface area (Å²) >= 11 is 6.91. The van der Waals surface area contributed by atoms with Crippen molar-refractivity contribution in [1.29, 1.82) is 0 Å². The number of nitrogens with one attached hydrogen (secondary N) is 1. The first-order valence-corrected chi connectivity index (χ1v) is 8.71. The molecule has 0 fully saturated rings. The predicted octanol–water partition coefficient (Wildman–Crippen LogP) is 1.30. The van der Waals surface area contributed by atoms with Crippen molar-refractivity contribution in [3.63, 3.8) is 0 Å². The Morgan fingerprint density at radius 3 is 2.70 bits per heavy atom. The third-order valence-corrected chi connectivity index (χ3v) is 5.01. The molecule has 0 radical (unpaired) electrons. The Balaban J connectivity index is 2.16. The van der Waals surface area contributed by atoms with Gasteiger partial charge in [0.25, 0.3) is 10.0 Å². The maximum Gasteiger partial charge on any atom is 0.263 e. The van der Waals surface area contributed by atoms with Crippen LogP contribution in [0.1, 0.15) is 0 Å². The van der Waals surface area contributed by atoms with Gasteiger partial charge in [-0.3, -0.25) is 9.71 Å². The predicted molar refractivity (Wildman–Crippen MR) is 83.5 cm³/mol. The summed E-state index contributed by atoms with van der Waals surface area (Å²) in [6, 6.07) is 6.06. The van der Waals surface area contributed by atoms with Crippen LogP contribution in [0.5, 0.6) is 0 Å². The quantitative estimate of drug-likeness (QED) is 0.493. The Kier molecular flexibility index (Phi) is 4.90. The summed E-state index contributed by atoms with van der Waals surface area (Å²) in [6.07, 6.45) is 0. The molecule has 9 heteroatoms. The van der Waals surface area contributed by atoms with Gasteiger partial charge in [-0.05, 0) is 24.3 Å². The maximum atomic E-state index is 12.1. The molecule has 0 saturated heterocycles. The van der Waals surface area contributed by atoms with Crippen LogP contribution < -0.4 is 10.5 Å². The van der Waals surface area contributed by atoms with Gasteiger partial charge in [0.1, 0.15) is 5.84 Å². The van der Waals surface area contributed by atoms with Crippen molar-refractivity contribution in [2.75, 3.05) is 18.2 Å². The fourth-order valence-electron chi connectivity index (χ4n) is 1.47. The summed E-state index contributed by atoms with van der Waals surface area (Å²) in [4.78, 5) is 8.22. The van der Waals surface area contributed by atoms with Gasteiger partial charge >= 0.3 is 0 Å². The van der Waals surface area contributed by atoms with Crippen molar-refractivity contribution in [2.45, 2.75) is 4.90 Å². The second-order valence-electron chi connectivity index (χ2n) is 3.87. The molecule has 1 heterocycles. The molecule has 0 amide bonds. The highest BCUT2D eigenvalue weighted by Crippen LogP contribution is 2.18. The number of nitrogens with zero attached hydrogens (tertiary/aromatic N) is 2. The number of nitrogens with two attached hydrogens (primary N) is 1. The average Bonchev–Trinajstić information content (AvgIpc) is 2.91. The molecule has 2 rings (SSSR count). The Morgan fingerprint density at radius 1 is 1.45 bits per heavy atom. The van der Waals surface area contributed by atoms with Crippen LogP contribution in [0.4, 0.5) is 5.69 Å². The number of alkyl halides is 1. The van der Waals surface area contributed by atoms with Gasteiger partial charge < -0.3 is 5.73 Å². The lowest BCUT2D eigenvalue weighted by Gasteiger charge is -2.07. The van der Waals surface area contributed by atoms with Crippen LogP contribution in [-0.4, -0.2) is 37.6 Å². The normalized spacial score (nSPS) is 16.1. The number of sulfonamides is 1. The average molecular weight is 333 g/mol. The molecule has 6 nitrogen and oxygen atoms in total. The van der Waals surface area contributed by atoms with Gasteiger partial charge in [0.15, 0.2) is 5.17 Å². The summed E-state index contributed by atoms with van der Waals surface area (Å²) in [6.45, 7) is 0.633. The summed E-state index contributed by atoms with van der Waals surface area (Å²) in [5.74, 6) is 1.19. The van der Waals surface area contributed by atoms with Crippen molar-refractivity contribution in [3.05, 3.63) is 24.3 Å². The van der Waals surface area contributed by atoms with Crippen LogP contribution in [0.3, 0.4) is 0 Å². The molecule has 0 atom stereocenters. The first-order valence-electron chi connectivity index (χ1n) is 5.70. The van der Waals surface area contributed by atoms with Gasteiger partial charge in [0.05, 0.1) is 23.0 Å². The van der Waals surface area contributed by atoms with E-state index in [4.69, 9.17) is 17.3 Å². The largest absolute Gasteiger partial charge is 0.386 e. The minimum atomic E-state index is -3.60. The Hall–Kier alpha value is -1.25. The number of halogens is 1. The van der Waals surface area contributed by atoms with E-state index < -0.39 is 10.0 Å². The standard InChI is InChI=1S/C11H13ClN4O2S2/c12-7-10(13)15-8-1-3-9(4-2-8)20(17,18)16-11-14-5-6-19-11/h1-4H,5-7H2,(H2,13,15)(H,14,16). The van der Waals surface area contributed by atoms with Crippen LogP contribution in [0, 0.1) is 0 Å². The summed E-state index contributed by atoms with van der Waals surface area (Å²) in [5, 5.41) is 0.429. The van der Waals surface area contributed by atoms with Crippen molar-refractivity contribution < 1.29 is 8.42 Å². The molecule has 108 valence electrons. The monoisotopic (exact) mass is 332 g/mol. The summed E-state index contributed by atoms with van der Waals surface area (Å²) in [7, 11) is -3.60. The van der Waals surface area contributed by atoms with E-state index in [9.17, 15) is 8.42 Å². The van der Waals surface area contributed by atoms with E-state index in [2.05, 4.69) is 14.7 Å². The SMILES string of the molecule is NC(CCl)=Nc1ccc(S(=O)(=O)NC2=NCCS2)cc1. The fraction of sp³-hybridized carbons (Fsp3) is 0.273.